The normalized spacial score (nSPS) is 23.1. The van der Waals surface area contributed by atoms with Gasteiger partial charge in [-0.3, -0.25) is 0 Å². The van der Waals surface area contributed by atoms with Crippen molar-refractivity contribution >= 4 is 10.0 Å². The van der Waals surface area contributed by atoms with Crippen LogP contribution in [0, 0.1) is 6.92 Å². The number of aryl methyl sites for hydroxylation is 1. The summed E-state index contributed by atoms with van der Waals surface area (Å²) in [5, 5.41) is 10.3. The van der Waals surface area contributed by atoms with Crippen molar-refractivity contribution < 1.29 is 13.5 Å². The number of sulfonamides is 1. The molecule has 1 aromatic rings. The zero-order valence-corrected chi connectivity index (χ0v) is 10.4. The Labute approximate surface area is 101 Å². The van der Waals surface area contributed by atoms with Crippen LogP contribution in [0.5, 0.6) is 0 Å². The van der Waals surface area contributed by atoms with E-state index in [9.17, 15) is 8.42 Å². The molecule has 5 heteroatoms. The van der Waals surface area contributed by atoms with Crippen LogP contribution in [0.3, 0.4) is 0 Å². The van der Waals surface area contributed by atoms with Crippen molar-refractivity contribution in [2.45, 2.75) is 19.5 Å². The molecule has 4 nitrogen and oxygen atoms in total. The molecular weight excluding hydrogens is 238 g/mol. The van der Waals surface area contributed by atoms with E-state index < -0.39 is 16.1 Å². The second-order valence-electron chi connectivity index (χ2n) is 4.16. The standard InChI is InChI=1S/C12H15NO3S/c1-10-3-2-4-11(7-10)8-13-12(9-14)5-6-17(13,15)16/h2-7,12,14H,8-9H2,1H3/t12-/m0/s1. The van der Waals surface area contributed by atoms with E-state index in [1.165, 1.54) is 10.4 Å². The lowest BCUT2D eigenvalue weighted by atomic mass is 10.1. The van der Waals surface area contributed by atoms with Crippen LogP contribution in [0.1, 0.15) is 11.1 Å². The maximum absolute atomic E-state index is 11.7. The number of aliphatic hydroxyl groups is 1. The Morgan fingerprint density at radius 2 is 2.18 bits per heavy atom. The fourth-order valence-corrected chi connectivity index (χ4v) is 3.28. The minimum Gasteiger partial charge on any atom is -0.394 e. The lowest BCUT2D eigenvalue weighted by Crippen LogP contribution is -2.35. The third-order valence-electron chi connectivity index (χ3n) is 2.78. The molecule has 1 N–H and O–H groups in total. The quantitative estimate of drug-likeness (QED) is 0.875. The second kappa shape index (κ2) is 4.60. The van der Waals surface area contributed by atoms with Crippen molar-refractivity contribution in [2.75, 3.05) is 6.61 Å². The van der Waals surface area contributed by atoms with Crippen LogP contribution >= 0.6 is 0 Å². The average molecular weight is 253 g/mol. The Balaban J connectivity index is 2.23. The van der Waals surface area contributed by atoms with Gasteiger partial charge in [0.25, 0.3) is 0 Å². The monoisotopic (exact) mass is 253 g/mol. The Bertz CT molecular complexity index is 536. The van der Waals surface area contributed by atoms with Crippen molar-refractivity contribution in [2.24, 2.45) is 0 Å². The van der Waals surface area contributed by atoms with Gasteiger partial charge in [0.1, 0.15) is 0 Å². The first-order valence-corrected chi connectivity index (χ1v) is 6.90. The second-order valence-corrected chi connectivity index (χ2v) is 5.93. The fraction of sp³-hybridized carbons (Fsp3) is 0.333. The van der Waals surface area contributed by atoms with Gasteiger partial charge in [0, 0.05) is 12.0 Å². The molecule has 92 valence electrons. The molecule has 17 heavy (non-hydrogen) atoms. The molecule has 1 aliphatic rings. The first-order chi connectivity index (χ1) is 8.03. The predicted octanol–water partition coefficient (Wildman–Crippen LogP) is 1.02. The molecule has 1 heterocycles. The van der Waals surface area contributed by atoms with E-state index in [1.54, 1.807) is 0 Å². The number of hydrogen-bond acceptors (Lipinski definition) is 3. The van der Waals surface area contributed by atoms with E-state index in [1.807, 2.05) is 31.2 Å². The highest BCUT2D eigenvalue weighted by atomic mass is 32.2. The van der Waals surface area contributed by atoms with Crippen molar-refractivity contribution in [3.05, 3.63) is 46.9 Å². The third kappa shape index (κ3) is 2.57. The van der Waals surface area contributed by atoms with Gasteiger partial charge in [-0.1, -0.05) is 35.9 Å². The summed E-state index contributed by atoms with van der Waals surface area (Å²) in [6, 6.07) is 7.25. The molecule has 0 amide bonds. The predicted molar refractivity (Wildman–Crippen MR) is 65.7 cm³/mol. The van der Waals surface area contributed by atoms with Crippen molar-refractivity contribution in [3.8, 4) is 0 Å². The summed E-state index contributed by atoms with van der Waals surface area (Å²) in [7, 11) is -3.37. The molecular formula is C12H15NO3S. The van der Waals surface area contributed by atoms with Crippen LogP contribution in [0.4, 0.5) is 0 Å². The first-order valence-electron chi connectivity index (χ1n) is 5.39. The van der Waals surface area contributed by atoms with Crippen molar-refractivity contribution in [3.63, 3.8) is 0 Å². The highest BCUT2D eigenvalue weighted by molar-refractivity contribution is 7.92. The van der Waals surface area contributed by atoms with Gasteiger partial charge in [0.05, 0.1) is 12.6 Å². The van der Waals surface area contributed by atoms with E-state index >= 15 is 0 Å². The van der Waals surface area contributed by atoms with Gasteiger partial charge in [-0.05, 0) is 12.5 Å². The first kappa shape index (κ1) is 12.3. The molecule has 2 rings (SSSR count). The summed E-state index contributed by atoms with van der Waals surface area (Å²) in [5.41, 5.74) is 2.02. The van der Waals surface area contributed by atoms with E-state index in [2.05, 4.69) is 0 Å². The number of aliphatic hydroxyl groups excluding tert-OH is 1. The summed E-state index contributed by atoms with van der Waals surface area (Å²) in [5.74, 6) is 0. The third-order valence-corrected chi connectivity index (χ3v) is 4.33. The molecule has 0 fully saturated rings. The number of benzene rings is 1. The molecule has 1 aliphatic heterocycles. The van der Waals surface area contributed by atoms with Gasteiger partial charge in [0.15, 0.2) is 0 Å². The Morgan fingerprint density at radius 3 is 2.82 bits per heavy atom. The van der Waals surface area contributed by atoms with E-state index in [0.29, 0.717) is 6.54 Å². The molecule has 1 aromatic carbocycles. The van der Waals surface area contributed by atoms with Crippen LogP contribution in [-0.2, 0) is 16.6 Å². The highest BCUT2D eigenvalue weighted by Gasteiger charge is 2.31. The molecule has 0 unspecified atom stereocenters. The summed E-state index contributed by atoms with van der Waals surface area (Å²) < 4.78 is 24.8. The highest BCUT2D eigenvalue weighted by Crippen LogP contribution is 2.21. The zero-order chi connectivity index (χ0) is 12.5. The number of rotatable bonds is 3. The van der Waals surface area contributed by atoms with Crippen molar-refractivity contribution in [1.82, 2.24) is 4.31 Å². The van der Waals surface area contributed by atoms with Gasteiger partial charge in [-0.2, -0.15) is 4.31 Å². The van der Waals surface area contributed by atoms with Gasteiger partial charge in [-0.15, -0.1) is 0 Å². The van der Waals surface area contributed by atoms with Gasteiger partial charge < -0.3 is 5.11 Å². The lowest BCUT2D eigenvalue weighted by molar-refractivity contribution is 0.216. The van der Waals surface area contributed by atoms with Crippen LogP contribution in [-0.4, -0.2) is 30.5 Å². The van der Waals surface area contributed by atoms with Crippen LogP contribution in [0.25, 0.3) is 0 Å². The molecule has 0 radical (unpaired) electrons. The Morgan fingerprint density at radius 1 is 1.41 bits per heavy atom. The summed E-state index contributed by atoms with van der Waals surface area (Å²) in [6.45, 7) is 2.06. The molecule has 0 spiro atoms. The molecule has 0 bridgehead atoms. The molecule has 0 saturated carbocycles. The fourth-order valence-electron chi connectivity index (χ4n) is 1.90. The Kier molecular flexibility index (Phi) is 3.33. The molecule has 0 aromatic heterocycles. The van der Waals surface area contributed by atoms with Gasteiger partial charge in [-0.25, -0.2) is 8.42 Å². The summed E-state index contributed by atoms with van der Waals surface area (Å²) >= 11 is 0. The maximum Gasteiger partial charge on any atom is 0.236 e. The smallest absolute Gasteiger partial charge is 0.236 e. The Hall–Kier alpha value is -1.17. The molecule has 0 saturated heterocycles. The SMILES string of the molecule is Cc1cccc(CN2[C@H](CO)C=CS2(=O)=O)c1. The number of hydrogen-bond donors (Lipinski definition) is 1. The van der Waals surface area contributed by atoms with Crippen LogP contribution in [0.2, 0.25) is 0 Å². The lowest BCUT2D eigenvalue weighted by Gasteiger charge is -2.21. The summed E-state index contributed by atoms with van der Waals surface area (Å²) in [6.07, 6.45) is 1.52. The van der Waals surface area contributed by atoms with Gasteiger partial charge in [0.2, 0.25) is 10.0 Å². The van der Waals surface area contributed by atoms with Crippen molar-refractivity contribution in [1.29, 1.82) is 0 Å². The maximum atomic E-state index is 11.7. The molecule has 1 atom stereocenters. The van der Waals surface area contributed by atoms with E-state index in [0.717, 1.165) is 16.5 Å². The topological polar surface area (TPSA) is 57.6 Å². The van der Waals surface area contributed by atoms with Gasteiger partial charge >= 0.3 is 0 Å². The largest absolute Gasteiger partial charge is 0.394 e. The number of nitrogens with zero attached hydrogens (tertiary/aromatic N) is 1. The van der Waals surface area contributed by atoms with E-state index in [4.69, 9.17) is 5.11 Å². The minimum absolute atomic E-state index is 0.193. The minimum atomic E-state index is -3.37. The zero-order valence-electron chi connectivity index (χ0n) is 9.57. The molecule has 0 aliphatic carbocycles. The summed E-state index contributed by atoms with van der Waals surface area (Å²) in [4.78, 5) is 0. The van der Waals surface area contributed by atoms with Crippen LogP contribution < -0.4 is 0 Å². The van der Waals surface area contributed by atoms with E-state index in [-0.39, 0.29) is 6.61 Å². The average Bonchev–Trinajstić information content (AvgIpc) is 2.55. The van der Waals surface area contributed by atoms with Crippen LogP contribution in [0.15, 0.2) is 35.7 Å².